The maximum Gasteiger partial charge on any atom is 0.219 e. The minimum absolute atomic E-state index is 0.211. The number of carbonyl (C=O) groups is 1. The Morgan fingerprint density at radius 1 is 1.25 bits per heavy atom. The van der Waals surface area contributed by atoms with E-state index in [2.05, 4.69) is 16.7 Å². The molecule has 0 spiro atoms. The maximum absolute atomic E-state index is 11.1. The number of hydrogen-bond donors (Lipinski definition) is 0. The molecule has 0 aromatic heterocycles. The molecule has 2 aliphatic rings. The Morgan fingerprint density at radius 2 is 1.88 bits per heavy atom. The molecule has 2 saturated heterocycles. The summed E-state index contributed by atoms with van der Waals surface area (Å²) in [4.78, 5) is 15.5. The third-order valence-electron chi connectivity index (χ3n) is 3.70. The normalized spacial score (nSPS) is 23.5. The number of piperidine rings is 1. The third-order valence-corrected chi connectivity index (χ3v) is 3.70. The van der Waals surface area contributed by atoms with Gasteiger partial charge in [-0.05, 0) is 32.9 Å². The van der Waals surface area contributed by atoms with Gasteiger partial charge in [-0.2, -0.15) is 0 Å². The molecule has 0 aromatic carbocycles. The van der Waals surface area contributed by atoms with E-state index in [1.807, 2.05) is 11.8 Å². The van der Waals surface area contributed by atoms with Gasteiger partial charge in [-0.25, -0.2) is 0 Å². The molecule has 3 nitrogen and oxygen atoms in total. The van der Waals surface area contributed by atoms with Crippen LogP contribution in [0, 0.1) is 17.8 Å². The van der Waals surface area contributed by atoms with Crippen molar-refractivity contribution >= 4 is 5.91 Å². The van der Waals surface area contributed by atoms with E-state index in [0.717, 1.165) is 26.2 Å². The van der Waals surface area contributed by atoms with Crippen molar-refractivity contribution < 1.29 is 4.79 Å². The topological polar surface area (TPSA) is 23.6 Å². The van der Waals surface area contributed by atoms with Gasteiger partial charge in [0, 0.05) is 32.0 Å². The number of carbonyl (C=O) groups excluding carboxylic acids is 1. The van der Waals surface area contributed by atoms with Crippen LogP contribution in [-0.4, -0.2) is 47.9 Å². The zero-order valence-electron chi connectivity index (χ0n) is 10.2. The van der Waals surface area contributed by atoms with Crippen molar-refractivity contribution in [1.82, 2.24) is 9.80 Å². The second-order valence-electron chi connectivity index (χ2n) is 4.78. The van der Waals surface area contributed by atoms with Gasteiger partial charge in [0.1, 0.15) is 0 Å². The highest BCUT2D eigenvalue weighted by Gasteiger charge is 2.34. The first-order valence-electron chi connectivity index (χ1n) is 6.12. The molecule has 2 heterocycles. The lowest BCUT2D eigenvalue weighted by Crippen LogP contribution is -2.61. The van der Waals surface area contributed by atoms with E-state index in [1.165, 1.54) is 12.8 Å². The number of rotatable bonds is 1. The molecule has 2 rings (SSSR count). The molecule has 16 heavy (non-hydrogen) atoms. The summed E-state index contributed by atoms with van der Waals surface area (Å²) in [5.41, 5.74) is 0. The molecule has 2 aliphatic heterocycles. The molecule has 2 fully saturated rings. The van der Waals surface area contributed by atoms with Crippen LogP contribution in [0.1, 0.15) is 26.7 Å². The average molecular weight is 220 g/mol. The Kier molecular flexibility index (Phi) is 3.50. The van der Waals surface area contributed by atoms with Crippen LogP contribution in [0.5, 0.6) is 0 Å². The van der Waals surface area contributed by atoms with Gasteiger partial charge in [-0.1, -0.05) is 0 Å². The maximum atomic E-state index is 11.1. The summed E-state index contributed by atoms with van der Waals surface area (Å²) in [6.45, 7) is 7.73. The standard InChI is InChI=1S/C13H20N2O/c1-3-4-12-5-7-14(8-6-12)13-9-15(10-13)11(2)16/h12-13H,5-10H2,1-2H3. The molecule has 0 N–H and O–H groups in total. The monoisotopic (exact) mass is 220 g/mol. The van der Waals surface area contributed by atoms with Crippen LogP contribution < -0.4 is 0 Å². The van der Waals surface area contributed by atoms with E-state index in [4.69, 9.17) is 0 Å². The first-order chi connectivity index (χ1) is 7.70. The van der Waals surface area contributed by atoms with Crippen LogP contribution in [0.4, 0.5) is 0 Å². The van der Waals surface area contributed by atoms with Crippen molar-refractivity contribution in [3.05, 3.63) is 0 Å². The summed E-state index contributed by atoms with van der Waals surface area (Å²) in [5, 5.41) is 0. The van der Waals surface area contributed by atoms with Gasteiger partial charge < -0.3 is 4.90 Å². The zero-order valence-corrected chi connectivity index (χ0v) is 10.2. The predicted octanol–water partition coefficient (Wildman–Crippen LogP) is 0.952. The molecule has 0 unspecified atom stereocenters. The molecule has 0 radical (unpaired) electrons. The van der Waals surface area contributed by atoms with E-state index in [9.17, 15) is 4.79 Å². The molecular weight excluding hydrogens is 200 g/mol. The van der Waals surface area contributed by atoms with Gasteiger partial charge in [-0.3, -0.25) is 9.69 Å². The number of nitrogens with zero attached hydrogens (tertiary/aromatic N) is 2. The Hall–Kier alpha value is -1.01. The van der Waals surface area contributed by atoms with Crippen LogP contribution in [-0.2, 0) is 4.79 Å². The Balaban J connectivity index is 1.74. The van der Waals surface area contributed by atoms with Crippen molar-refractivity contribution in [3.63, 3.8) is 0 Å². The minimum atomic E-state index is 0.211. The summed E-state index contributed by atoms with van der Waals surface area (Å²) in [7, 11) is 0. The largest absolute Gasteiger partial charge is 0.340 e. The van der Waals surface area contributed by atoms with Crippen molar-refractivity contribution in [2.24, 2.45) is 5.92 Å². The van der Waals surface area contributed by atoms with Gasteiger partial charge in [-0.15, -0.1) is 11.8 Å². The van der Waals surface area contributed by atoms with E-state index in [0.29, 0.717) is 12.0 Å². The fraction of sp³-hybridized carbons (Fsp3) is 0.769. The zero-order chi connectivity index (χ0) is 11.5. The summed E-state index contributed by atoms with van der Waals surface area (Å²) in [6.07, 6.45) is 2.38. The molecule has 1 amide bonds. The molecule has 0 aromatic rings. The van der Waals surface area contributed by atoms with Gasteiger partial charge in [0.25, 0.3) is 0 Å². The Labute approximate surface area is 97.8 Å². The highest BCUT2D eigenvalue weighted by Crippen LogP contribution is 2.22. The van der Waals surface area contributed by atoms with Crippen LogP contribution >= 0.6 is 0 Å². The molecule has 0 saturated carbocycles. The van der Waals surface area contributed by atoms with Crippen LogP contribution in [0.2, 0.25) is 0 Å². The van der Waals surface area contributed by atoms with Gasteiger partial charge in [0.2, 0.25) is 5.91 Å². The lowest BCUT2D eigenvalue weighted by molar-refractivity contribution is -0.136. The molecule has 0 aliphatic carbocycles. The summed E-state index contributed by atoms with van der Waals surface area (Å²) in [6, 6.07) is 0.611. The van der Waals surface area contributed by atoms with Gasteiger partial charge in [0.05, 0.1) is 0 Å². The summed E-state index contributed by atoms with van der Waals surface area (Å²) >= 11 is 0. The third kappa shape index (κ3) is 2.38. The van der Waals surface area contributed by atoms with Crippen LogP contribution in [0.15, 0.2) is 0 Å². The Morgan fingerprint density at radius 3 is 2.38 bits per heavy atom. The lowest BCUT2D eigenvalue weighted by atomic mass is 9.94. The first kappa shape index (κ1) is 11.5. The fourth-order valence-corrected chi connectivity index (χ4v) is 2.56. The average Bonchev–Trinajstić information content (AvgIpc) is 2.18. The van der Waals surface area contributed by atoms with E-state index >= 15 is 0 Å². The van der Waals surface area contributed by atoms with Crippen LogP contribution in [0.3, 0.4) is 0 Å². The van der Waals surface area contributed by atoms with E-state index in [1.54, 1.807) is 6.92 Å². The highest BCUT2D eigenvalue weighted by atomic mass is 16.2. The molecule has 0 bridgehead atoms. The lowest BCUT2D eigenvalue weighted by Gasteiger charge is -2.47. The minimum Gasteiger partial charge on any atom is -0.340 e. The smallest absolute Gasteiger partial charge is 0.219 e. The molecule has 0 atom stereocenters. The SMILES string of the molecule is CC#CC1CCN(C2CN(C(C)=O)C2)CC1. The quantitative estimate of drug-likeness (QED) is 0.614. The molecule has 88 valence electrons. The predicted molar refractivity (Wildman–Crippen MR) is 63.8 cm³/mol. The second kappa shape index (κ2) is 4.88. The molecular formula is C13H20N2O. The Bertz CT molecular complexity index is 315. The van der Waals surface area contributed by atoms with Crippen molar-refractivity contribution in [1.29, 1.82) is 0 Å². The molecule has 3 heteroatoms. The van der Waals surface area contributed by atoms with Crippen molar-refractivity contribution in [2.45, 2.75) is 32.7 Å². The van der Waals surface area contributed by atoms with Crippen LogP contribution in [0.25, 0.3) is 0 Å². The first-order valence-corrected chi connectivity index (χ1v) is 6.12. The van der Waals surface area contributed by atoms with Crippen molar-refractivity contribution in [3.8, 4) is 11.8 Å². The van der Waals surface area contributed by atoms with E-state index in [-0.39, 0.29) is 5.91 Å². The highest BCUT2D eigenvalue weighted by molar-refractivity contribution is 5.74. The number of hydrogen-bond acceptors (Lipinski definition) is 2. The van der Waals surface area contributed by atoms with Crippen molar-refractivity contribution in [2.75, 3.05) is 26.2 Å². The summed E-state index contributed by atoms with van der Waals surface area (Å²) in [5.74, 6) is 7.09. The second-order valence-corrected chi connectivity index (χ2v) is 4.78. The van der Waals surface area contributed by atoms with Gasteiger partial charge in [0.15, 0.2) is 0 Å². The fourth-order valence-electron chi connectivity index (χ4n) is 2.56. The van der Waals surface area contributed by atoms with E-state index < -0.39 is 0 Å². The number of amides is 1. The summed E-state index contributed by atoms with van der Waals surface area (Å²) < 4.78 is 0. The van der Waals surface area contributed by atoms with Gasteiger partial charge >= 0.3 is 0 Å². The number of likely N-dealkylation sites (tertiary alicyclic amines) is 2.